The van der Waals surface area contributed by atoms with Crippen molar-refractivity contribution in [1.82, 2.24) is 19.9 Å². The molecule has 0 radical (unpaired) electrons. The van der Waals surface area contributed by atoms with Crippen LogP contribution < -0.4 is 15.5 Å². The predicted molar refractivity (Wildman–Crippen MR) is 82.5 cm³/mol. The molecule has 2 heterocycles. The summed E-state index contributed by atoms with van der Waals surface area (Å²) < 4.78 is 0. The highest BCUT2D eigenvalue weighted by Crippen LogP contribution is 2.14. The Balaban J connectivity index is 2.13. The summed E-state index contributed by atoms with van der Waals surface area (Å²) in [5.41, 5.74) is 1.03. The Morgan fingerprint density at radius 2 is 1.80 bits per heavy atom. The standard InChI is InChI=1S/C12H19N7S/c1-5-13-10-16-11(18-12(17-10)19(3)4)14-6-9-15-8(2)7-20-9/h7H,5-6H2,1-4H3,(H2,13,14,16,17,18). The van der Waals surface area contributed by atoms with Crippen LogP contribution in [0.5, 0.6) is 0 Å². The maximum absolute atomic E-state index is 4.40. The Morgan fingerprint density at radius 1 is 1.10 bits per heavy atom. The van der Waals surface area contributed by atoms with Gasteiger partial charge in [-0.1, -0.05) is 0 Å². The lowest BCUT2D eigenvalue weighted by atomic mass is 10.6. The number of hydrogen-bond donors (Lipinski definition) is 2. The van der Waals surface area contributed by atoms with Crippen molar-refractivity contribution >= 4 is 29.2 Å². The van der Waals surface area contributed by atoms with Gasteiger partial charge in [-0.05, 0) is 13.8 Å². The summed E-state index contributed by atoms with van der Waals surface area (Å²) in [7, 11) is 3.80. The molecule has 0 bridgehead atoms. The Hall–Kier alpha value is -1.96. The van der Waals surface area contributed by atoms with E-state index in [1.54, 1.807) is 11.3 Å². The van der Waals surface area contributed by atoms with Crippen LogP contribution in [0.4, 0.5) is 17.8 Å². The van der Waals surface area contributed by atoms with Crippen LogP contribution in [0, 0.1) is 6.92 Å². The SMILES string of the molecule is CCNc1nc(NCc2nc(C)cs2)nc(N(C)C)n1. The molecule has 108 valence electrons. The summed E-state index contributed by atoms with van der Waals surface area (Å²) >= 11 is 1.62. The smallest absolute Gasteiger partial charge is 0.231 e. The van der Waals surface area contributed by atoms with Gasteiger partial charge in [0.1, 0.15) is 5.01 Å². The third kappa shape index (κ3) is 3.77. The average Bonchev–Trinajstić information content (AvgIpc) is 2.82. The number of aryl methyl sites for hydroxylation is 1. The lowest BCUT2D eigenvalue weighted by Gasteiger charge is -2.13. The number of hydrogen-bond acceptors (Lipinski definition) is 8. The second kappa shape index (κ2) is 6.47. The number of anilines is 3. The fourth-order valence-corrected chi connectivity index (χ4v) is 2.23. The van der Waals surface area contributed by atoms with Gasteiger partial charge >= 0.3 is 0 Å². The van der Waals surface area contributed by atoms with Crippen LogP contribution in [0.3, 0.4) is 0 Å². The zero-order valence-corrected chi connectivity index (χ0v) is 13.0. The van der Waals surface area contributed by atoms with Gasteiger partial charge < -0.3 is 15.5 Å². The minimum absolute atomic E-state index is 0.549. The summed E-state index contributed by atoms with van der Waals surface area (Å²) in [6.45, 7) is 5.36. The fourth-order valence-electron chi connectivity index (χ4n) is 1.52. The van der Waals surface area contributed by atoms with Gasteiger partial charge in [0.15, 0.2) is 0 Å². The van der Waals surface area contributed by atoms with E-state index in [1.807, 2.05) is 38.2 Å². The Kier molecular flexibility index (Phi) is 4.67. The molecule has 20 heavy (non-hydrogen) atoms. The van der Waals surface area contributed by atoms with Crippen LogP contribution >= 0.6 is 11.3 Å². The highest BCUT2D eigenvalue weighted by atomic mass is 32.1. The minimum atomic E-state index is 0.549. The molecule has 0 fully saturated rings. The second-order valence-electron chi connectivity index (χ2n) is 4.44. The van der Waals surface area contributed by atoms with E-state index in [4.69, 9.17) is 0 Å². The molecular formula is C12H19N7S. The van der Waals surface area contributed by atoms with Crippen LogP contribution in [-0.2, 0) is 6.54 Å². The van der Waals surface area contributed by atoms with Gasteiger partial charge in [0.2, 0.25) is 17.8 Å². The quantitative estimate of drug-likeness (QED) is 0.840. The molecule has 2 aromatic rings. The second-order valence-corrected chi connectivity index (χ2v) is 5.39. The third-order valence-corrected chi connectivity index (χ3v) is 3.39. The van der Waals surface area contributed by atoms with Gasteiger partial charge in [0, 0.05) is 31.7 Å². The Morgan fingerprint density at radius 3 is 2.35 bits per heavy atom. The van der Waals surface area contributed by atoms with Crippen molar-refractivity contribution in [3.63, 3.8) is 0 Å². The van der Waals surface area contributed by atoms with Gasteiger partial charge in [-0.25, -0.2) is 4.98 Å². The molecule has 0 spiro atoms. The molecule has 0 atom stereocenters. The molecule has 0 unspecified atom stereocenters. The monoisotopic (exact) mass is 293 g/mol. The first-order valence-electron chi connectivity index (χ1n) is 6.40. The Labute approximate surface area is 122 Å². The Bertz CT molecular complexity index is 567. The molecule has 2 N–H and O–H groups in total. The van der Waals surface area contributed by atoms with Crippen molar-refractivity contribution in [2.45, 2.75) is 20.4 Å². The average molecular weight is 293 g/mol. The molecule has 0 saturated carbocycles. The van der Waals surface area contributed by atoms with Crippen molar-refractivity contribution in [2.75, 3.05) is 36.2 Å². The van der Waals surface area contributed by atoms with Crippen LogP contribution in [0.15, 0.2) is 5.38 Å². The maximum atomic E-state index is 4.40. The molecule has 0 saturated heterocycles. The highest BCUT2D eigenvalue weighted by Gasteiger charge is 2.08. The molecule has 0 aliphatic carbocycles. The fraction of sp³-hybridized carbons (Fsp3) is 0.500. The first kappa shape index (κ1) is 14.4. The number of rotatable bonds is 6. The lowest BCUT2D eigenvalue weighted by Crippen LogP contribution is -2.17. The van der Waals surface area contributed by atoms with Gasteiger partial charge in [-0.15, -0.1) is 11.3 Å². The van der Waals surface area contributed by atoms with Crippen molar-refractivity contribution < 1.29 is 0 Å². The van der Waals surface area contributed by atoms with Gasteiger partial charge in [0.25, 0.3) is 0 Å². The number of thiazole rings is 1. The van der Waals surface area contributed by atoms with E-state index in [2.05, 4.69) is 30.6 Å². The van der Waals surface area contributed by atoms with Crippen LogP contribution in [0.1, 0.15) is 17.6 Å². The van der Waals surface area contributed by atoms with E-state index in [-0.39, 0.29) is 0 Å². The molecule has 2 aromatic heterocycles. The number of nitrogens with zero attached hydrogens (tertiary/aromatic N) is 5. The van der Waals surface area contributed by atoms with Crippen LogP contribution in [-0.4, -0.2) is 40.6 Å². The number of nitrogens with one attached hydrogen (secondary N) is 2. The van der Waals surface area contributed by atoms with Crippen molar-refractivity contribution in [3.05, 3.63) is 16.1 Å². The van der Waals surface area contributed by atoms with E-state index < -0.39 is 0 Å². The molecule has 0 amide bonds. The van der Waals surface area contributed by atoms with Gasteiger partial charge in [-0.3, -0.25) is 0 Å². The van der Waals surface area contributed by atoms with E-state index in [1.165, 1.54) is 0 Å². The van der Waals surface area contributed by atoms with Gasteiger partial charge in [0.05, 0.1) is 6.54 Å². The first-order valence-corrected chi connectivity index (χ1v) is 7.28. The summed E-state index contributed by atoms with van der Waals surface area (Å²) in [5.74, 6) is 1.74. The zero-order valence-electron chi connectivity index (χ0n) is 12.1. The summed E-state index contributed by atoms with van der Waals surface area (Å²) in [5, 5.41) is 9.33. The molecule has 2 rings (SSSR count). The van der Waals surface area contributed by atoms with Gasteiger partial charge in [-0.2, -0.15) is 15.0 Å². The summed E-state index contributed by atoms with van der Waals surface area (Å²) in [6, 6.07) is 0. The van der Waals surface area contributed by atoms with Crippen molar-refractivity contribution in [2.24, 2.45) is 0 Å². The largest absolute Gasteiger partial charge is 0.354 e. The van der Waals surface area contributed by atoms with Crippen molar-refractivity contribution in [1.29, 1.82) is 0 Å². The summed E-state index contributed by atoms with van der Waals surface area (Å²) in [4.78, 5) is 19.3. The molecular weight excluding hydrogens is 274 g/mol. The molecule has 0 aliphatic rings. The lowest BCUT2D eigenvalue weighted by molar-refractivity contribution is 0.933. The summed E-state index contributed by atoms with van der Waals surface area (Å²) in [6.07, 6.45) is 0. The molecule has 7 nitrogen and oxygen atoms in total. The molecule has 8 heteroatoms. The number of aromatic nitrogens is 4. The first-order chi connectivity index (χ1) is 9.58. The highest BCUT2D eigenvalue weighted by molar-refractivity contribution is 7.09. The zero-order chi connectivity index (χ0) is 14.5. The van der Waals surface area contributed by atoms with E-state index >= 15 is 0 Å². The van der Waals surface area contributed by atoms with Crippen LogP contribution in [0.2, 0.25) is 0 Å². The topological polar surface area (TPSA) is 78.9 Å². The normalized spacial score (nSPS) is 10.4. The third-order valence-electron chi connectivity index (χ3n) is 2.42. The van der Waals surface area contributed by atoms with Crippen LogP contribution in [0.25, 0.3) is 0 Å². The molecule has 0 aromatic carbocycles. The van der Waals surface area contributed by atoms with Crippen molar-refractivity contribution in [3.8, 4) is 0 Å². The van der Waals surface area contributed by atoms with E-state index in [0.717, 1.165) is 17.2 Å². The van der Waals surface area contributed by atoms with E-state index in [0.29, 0.717) is 24.4 Å². The maximum Gasteiger partial charge on any atom is 0.231 e. The minimum Gasteiger partial charge on any atom is -0.354 e. The van der Waals surface area contributed by atoms with E-state index in [9.17, 15) is 0 Å². The predicted octanol–water partition coefficient (Wildman–Crippen LogP) is 1.75. The molecule has 0 aliphatic heterocycles.